The maximum Gasteiger partial charge on any atom is 0.138 e. The van der Waals surface area contributed by atoms with Gasteiger partial charge in [0.05, 0.1) is 5.69 Å². The molecule has 86 valence electrons. The van der Waals surface area contributed by atoms with Crippen LogP contribution in [0, 0.1) is 0 Å². The lowest BCUT2D eigenvalue weighted by Gasteiger charge is -2.34. The fraction of sp³-hybridized carbons (Fsp3) is 0.538. The van der Waals surface area contributed by atoms with E-state index in [-0.39, 0.29) is 0 Å². The van der Waals surface area contributed by atoms with Gasteiger partial charge in [-0.25, -0.2) is 0 Å². The van der Waals surface area contributed by atoms with Gasteiger partial charge in [0.2, 0.25) is 0 Å². The Morgan fingerprint density at radius 1 is 1.25 bits per heavy atom. The van der Waals surface area contributed by atoms with E-state index < -0.39 is 0 Å². The van der Waals surface area contributed by atoms with Crippen molar-refractivity contribution in [2.24, 2.45) is 0 Å². The van der Waals surface area contributed by atoms with E-state index >= 15 is 0 Å². The summed E-state index contributed by atoms with van der Waals surface area (Å²) in [7, 11) is 0. The Hall–Kier alpha value is -1.22. The zero-order chi connectivity index (χ0) is 11.0. The molecule has 0 bridgehead atoms. The van der Waals surface area contributed by atoms with Gasteiger partial charge in [0.15, 0.2) is 0 Å². The molecule has 1 heterocycles. The third kappa shape index (κ3) is 1.76. The minimum Gasteiger partial charge on any atom is -0.506 e. The van der Waals surface area contributed by atoms with Crippen LogP contribution in [0.5, 0.6) is 5.75 Å². The van der Waals surface area contributed by atoms with Crippen molar-refractivity contribution < 1.29 is 5.11 Å². The standard InChI is InChI=1S/C13H18N2O/c16-12-6-1-3-9-7-11(8-14-13(9)12)15-10-4-2-5-10/h1,3,6,10-11,14-16H,2,4-5,7-8H2. The fourth-order valence-corrected chi connectivity index (χ4v) is 2.55. The van der Waals surface area contributed by atoms with Crippen LogP contribution in [0.15, 0.2) is 18.2 Å². The second kappa shape index (κ2) is 3.98. The predicted molar refractivity (Wildman–Crippen MR) is 64.9 cm³/mol. The molecule has 0 saturated heterocycles. The van der Waals surface area contributed by atoms with Crippen molar-refractivity contribution in [3.05, 3.63) is 23.8 Å². The normalized spacial score (nSPS) is 24.4. The van der Waals surface area contributed by atoms with E-state index in [2.05, 4.69) is 16.7 Å². The highest BCUT2D eigenvalue weighted by Crippen LogP contribution is 2.31. The van der Waals surface area contributed by atoms with E-state index in [1.54, 1.807) is 6.07 Å². The first kappa shape index (κ1) is 9.97. The van der Waals surface area contributed by atoms with Crippen LogP contribution in [0.4, 0.5) is 5.69 Å². The minimum atomic E-state index is 0.375. The van der Waals surface area contributed by atoms with Gasteiger partial charge in [-0.05, 0) is 30.9 Å². The van der Waals surface area contributed by atoms with E-state index in [0.717, 1.165) is 24.7 Å². The van der Waals surface area contributed by atoms with E-state index in [9.17, 15) is 5.11 Å². The van der Waals surface area contributed by atoms with E-state index in [1.807, 2.05) is 6.07 Å². The lowest BCUT2D eigenvalue weighted by Crippen LogP contribution is -2.48. The molecule has 3 nitrogen and oxygen atoms in total. The molecule has 1 fully saturated rings. The number of hydrogen-bond acceptors (Lipinski definition) is 3. The maximum atomic E-state index is 9.70. The first-order valence-corrected chi connectivity index (χ1v) is 6.14. The molecular weight excluding hydrogens is 200 g/mol. The lowest BCUT2D eigenvalue weighted by molar-refractivity contribution is 0.304. The second-order valence-electron chi connectivity index (χ2n) is 4.89. The van der Waals surface area contributed by atoms with Crippen molar-refractivity contribution in [2.45, 2.75) is 37.8 Å². The molecule has 0 spiro atoms. The van der Waals surface area contributed by atoms with Crippen molar-refractivity contribution in [1.29, 1.82) is 0 Å². The van der Waals surface area contributed by atoms with Crippen molar-refractivity contribution in [3.63, 3.8) is 0 Å². The highest BCUT2D eigenvalue weighted by Gasteiger charge is 2.25. The number of anilines is 1. The number of phenolic OH excluding ortho intramolecular Hbond substituents is 1. The molecule has 1 saturated carbocycles. The topological polar surface area (TPSA) is 44.3 Å². The Morgan fingerprint density at radius 3 is 2.88 bits per heavy atom. The molecule has 3 N–H and O–H groups in total. The highest BCUT2D eigenvalue weighted by molar-refractivity contribution is 5.63. The summed E-state index contributed by atoms with van der Waals surface area (Å²) in [6.07, 6.45) is 5.04. The van der Waals surface area contributed by atoms with E-state index in [4.69, 9.17) is 0 Å². The van der Waals surface area contributed by atoms with Gasteiger partial charge in [-0.1, -0.05) is 18.6 Å². The van der Waals surface area contributed by atoms with Crippen LogP contribution in [0.1, 0.15) is 24.8 Å². The molecule has 1 aromatic rings. The molecular formula is C13H18N2O. The van der Waals surface area contributed by atoms with Gasteiger partial charge in [-0.2, -0.15) is 0 Å². The van der Waals surface area contributed by atoms with Crippen LogP contribution in [0.3, 0.4) is 0 Å². The third-order valence-corrected chi connectivity index (χ3v) is 3.70. The van der Waals surface area contributed by atoms with Crippen molar-refractivity contribution in [1.82, 2.24) is 5.32 Å². The molecule has 0 radical (unpaired) electrons. The zero-order valence-electron chi connectivity index (χ0n) is 9.37. The smallest absolute Gasteiger partial charge is 0.138 e. The minimum absolute atomic E-state index is 0.375. The van der Waals surface area contributed by atoms with Crippen molar-refractivity contribution in [3.8, 4) is 5.75 Å². The average molecular weight is 218 g/mol. The summed E-state index contributed by atoms with van der Waals surface area (Å²) in [6, 6.07) is 6.99. The summed E-state index contributed by atoms with van der Waals surface area (Å²) in [5, 5.41) is 16.7. The first-order chi connectivity index (χ1) is 7.83. The number of para-hydroxylation sites is 1. The largest absolute Gasteiger partial charge is 0.506 e. The molecule has 16 heavy (non-hydrogen) atoms. The number of nitrogens with one attached hydrogen (secondary N) is 2. The third-order valence-electron chi connectivity index (χ3n) is 3.70. The van der Waals surface area contributed by atoms with Gasteiger partial charge in [-0.15, -0.1) is 0 Å². The first-order valence-electron chi connectivity index (χ1n) is 6.14. The van der Waals surface area contributed by atoms with Crippen LogP contribution in [0.2, 0.25) is 0 Å². The summed E-state index contributed by atoms with van der Waals surface area (Å²) < 4.78 is 0. The number of fused-ring (bicyclic) bond motifs is 1. The number of phenols is 1. The molecule has 1 unspecified atom stereocenters. The molecule has 1 aliphatic heterocycles. The number of rotatable bonds is 2. The summed E-state index contributed by atoms with van der Waals surface area (Å²) >= 11 is 0. The predicted octanol–water partition coefficient (Wildman–Crippen LogP) is 1.87. The van der Waals surface area contributed by atoms with Gasteiger partial charge >= 0.3 is 0 Å². The van der Waals surface area contributed by atoms with Gasteiger partial charge in [0.1, 0.15) is 5.75 Å². The summed E-state index contributed by atoms with van der Waals surface area (Å²) in [6.45, 7) is 0.918. The number of aromatic hydroxyl groups is 1. The van der Waals surface area contributed by atoms with Crippen molar-refractivity contribution >= 4 is 5.69 Å². The van der Waals surface area contributed by atoms with E-state index in [0.29, 0.717) is 11.8 Å². The van der Waals surface area contributed by atoms with Crippen LogP contribution in [-0.4, -0.2) is 23.7 Å². The summed E-state index contributed by atoms with van der Waals surface area (Å²) in [5.74, 6) is 0.375. The van der Waals surface area contributed by atoms with Gasteiger partial charge < -0.3 is 15.7 Å². The Bertz CT molecular complexity index is 388. The molecule has 0 aromatic heterocycles. The fourth-order valence-electron chi connectivity index (χ4n) is 2.55. The lowest BCUT2D eigenvalue weighted by atomic mass is 9.90. The molecule has 0 amide bonds. The molecule has 3 heteroatoms. The Balaban J connectivity index is 1.70. The molecule has 1 aromatic carbocycles. The van der Waals surface area contributed by atoms with Crippen LogP contribution >= 0.6 is 0 Å². The van der Waals surface area contributed by atoms with Crippen LogP contribution in [-0.2, 0) is 6.42 Å². The summed E-state index contributed by atoms with van der Waals surface area (Å²) in [5.41, 5.74) is 2.15. The Labute approximate surface area is 95.9 Å². The van der Waals surface area contributed by atoms with E-state index in [1.165, 1.54) is 24.8 Å². The van der Waals surface area contributed by atoms with Gasteiger partial charge in [0.25, 0.3) is 0 Å². The second-order valence-corrected chi connectivity index (χ2v) is 4.89. The zero-order valence-corrected chi connectivity index (χ0v) is 9.37. The SMILES string of the molecule is Oc1cccc2c1NCC(NC1CCC1)C2. The maximum absolute atomic E-state index is 9.70. The number of benzene rings is 1. The Kier molecular flexibility index (Phi) is 2.48. The quantitative estimate of drug-likeness (QED) is 0.664. The highest BCUT2D eigenvalue weighted by atomic mass is 16.3. The Morgan fingerprint density at radius 2 is 2.12 bits per heavy atom. The monoisotopic (exact) mass is 218 g/mol. The molecule has 3 rings (SSSR count). The van der Waals surface area contributed by atoms with Crippen LogP contribution < -0.4 is 10.6 Å². The molecule has 1 aliphatic carbocycles. The summed E-state index contributed by atoms with van der Waals surface area (Å²) in [4.78, 5) is 0. The number of hydrogen-bond donors (Lipinski definition) is 3. The molecule has 2 aliphatic rings. The van der Waals surface area contributed by atoms with Crippen molar-refractivity contribution in [2.75, 3.05) is 11.9 Å². The van der Waals surface area contributed by atoms with Gasteiger partial charge in [0, 0.05) is 18.6 Å². The van der Waals surface area contributed by atoms with Crippen LogP contribution in [0.25, 0.3) is 0 Å². The molecule has 1 atom stereocenters. The average Bonchev–Trinajstić information content (AvgIpc) is 2.24. The van der Waals surface area contributed by atoms with Gasteiger partial charge in [-0.3, -0.25) is 0 Å².